The topological polar surface area (TPSA) is 49.4 Å². The van der Waals surface area contributed by atoms with E-state index in [4.69, 9.17) is 0 Å². The van der Waals surface area contributed by atoms with Crippen molar-refractivity contribution in [3.05, 3.63) is 62.2 Å². The summed E-state index contributed by atoms with van der Waals surface area (Å²) in [5.74, 6) is -0.492. The summed E-state index contributed by atoms with van der Waals surface area (Å²) in [6.45, 7) is 8.41. The number of rotatable bonds is 1. The fourth-order valence-electron chi connectivity index (χ4n) is 4.06. The summed E-state index contributed by atoms with van der Waals surface area (Å²) >= 11 is 2.20. The highest BCUT2D eigenvalue weighted by atomic mass is 127. The maximum atomic E-state index is 12.9. The van der Waals surface area contributed by atoms with Crippen LogP contribution in [0, 0.1) is 3.57 Å². The average molecular weight is 446 g/mol. The third-order valence-corrected chi connectivity index (χ3v) is 5.80. The summed E-state index contributed by atoms with van der Waals surface area (Å²) in [5, 5.41) is 3.58. The molecule has 0 aromatic heterocycles. The van der Waals surface area contributed by atoms with Crippen LogP contribution in [0.15, 0.2) is 36.4 Å². The Balaban J connectivity index is 1.87. The van der Waals surface area contributed by atoms with Crippen molar-refractivity contribution in [3.8, 4) is 0 Å². The van der Waals surface area contributed by atoms with Gasteiger partial charge in [-0.25, -0.2) is 4.90 Å². The van der Waals surface area contributed by atoms with Crippen LogP contribution in [0.4, 0.5) is 5.69 Å². The van der Waals surface area contributed by atoms with E-state index >= 15 is 0 Å². The third-order valence-electron chi connectivity index (χ3n) is 5.08. The molecule has 0 bridgehead atoms. The number of carbonyl (C=O) groups excluding carboxylic acids is 2. The van der Waals surface area contributed by atoms with Gasteiger partial charge in [0.25, 0.3) is 11.8 Å². The van der Waals surface area contributed by atoms with Crippen molar-refractivity contribution in [2.24, 2.45) is 0 Å². The molecule has 2 aromatic carbocycles. The van der Waals surface area contributed by atoms with Gasteiger partial charge >= 0.3 is 0 Å². The Hall–Kier alpha value is -1.73. The first-order valence-electron chi connectivity index (χ1n) is 8.24. The first kappa shape index (κ1) is 16.7. The molecule has 2 aromatic rings. The summed E-state index contributed by atoms with van der Waals surface area (Å²) in [4.78, 5) is 27.2. The number of benzene rings is 2. The van der Waals surface area contributed by atoms with Crippen LogP contribution >= 0.6 is 22.6 Å². The van der Waals surface area contributed by atoms with E-state index in [1.807, 2.05) is 36.4 Å². The van der Waals surface area contributed by atoms with Crippen molar-refractivity contribution in [2.75, 3.05) is 4.90 Å². The Bertz CT molecular complexity index is 876. The Morgan fingerprint density at radius 2 is 1.28 bits per heavy atom. The second kappa shape index (κ2) is 5.14. The standard InChI is InChI=1S/C20H19IN2O2/c1-19(2)15-9-13-14(10-16(15)20(3,4)22-19)18(25)23(17(13)24)12-7-5-11(21)6-8-12/h5-10,22H,1-4H3. The molecule has 0 spiro atoms. The van der Waals surface area contributed by atoms with Crippen LogP contribution in [-0.2, 0) is 11.1 Å². The Labute approximate surface area is 160 Å². The predicted octanol–water partition coefficient (Wildman–Crippen LogP) is 4.17. The minimum atomic E-state index is -0.246. The van der Waals surface area contributed by atoms with Crippen LogP contribution in [-0.4, -0.2) is 11.8 Å². The summed E-state index contributed by atoms with van der Waals surface area (Å²) in [6, 6.07) is 11.2. The lowest BCUT2D eigenvalue weighted by Crippen LogP contribution is -2.40. The number of anilines is 1. The second-order valence-electron chi connectivity index (χ2n) is 7.74. The molecule has 4 nitrogen and oxygen atoms in total. The highest BCUT2D eigenvalue weighted by Gasteiger charge is 2.45. The number of imide groups is 1. The molecule has 2 heterocycles. The van der Waals surface area contributed by atoms with Crippen LogP contribution in [0.1, 0.15) is 59.5 Å². The SMILES string of the molecule is CC1(C)NC(C)(C)c2cc3c(cc21)C(=O)N(c1ccc(I)cc1)C3=O. The fourth-order valence-corrected chi connectivity index (χ4v) is 4.42. The summed E-state index contributed by atoms with van der Waals surface area (Å²) in [6.07, 6.45) is 0. The number of fused-ring (bicyclic) bond motifs is 2. The van der Waals surface area contributed by atoms with Gasteiger partial charge in [-0.1, -0.05) is 0 Å². The van der Waals surface area contributed by atoms with Crippen molar-refractivity contribution < 1.29 is 9.59 Å². The second-order valence-corrected chi connectivity index (χ2v) is 8.99. The van der Waals surface area contributed by atoms with Gasteiger partial charge in [0.15, 0.2) is 0 Å². The van der Waals surface area contributed by atoms with Gasteiger partial charge in [0.1, 0.15) is 0 Å². The molecule has 0 fully saturated rings. The number of carbonyl (C=O) groups is 2. The molecule has 2 aliphatic heterocycles. The van der Waals surface area contributed by atoms with Crippen molar-refractivity contribution >= 4 is 40.1 Å². The molecule has 128 valence electrons. The number of halogens is 1. The first-order valence-corrected chi connectivity index (χ1v) is 9.32. The Morgan fingerprint density at radius 3 is 1.72 bits per heavy atom. The summed E-state index contributed by atoms with van der Waals surface area (Å²) in [5.41, 5.74) is 3.29. The zero-order valence-electron chi connectivity index (χ0n) is 14.6. The van der Waals surface area contributed by atoms with E-state index in [0.29, 0.717) is 16.8 Å². The highest BCUT2D eigenvalue weighted by molar-refractivity contribution is 14.1. The van der Waals surface area contributed by atoms with Gasteiger partial charge in [0.2, 0.25) is 0 Å². The van der Waals surface area contributed by atoms with E-state index in [-0.39, 0.29) is 22.9 Å². The monoisotopic (exact) mass is 446 g/mol. The zero-order valence-corrected chi connectivity index (χ0v) is 16.8. The maximum absolute atomic E-state index is 12.9. The smallest absolute Gasteiger partial charge is 0.266 e. The Morgan fingerprint density at radius 1 is 0.840 bits per heavy atom. The van der Waals surface area contributed by atoms with Gasteiger partial charge in [0, 0.05) is 14.6 Å². The average Bonchev–Trinajstić information content (AvgIpc) is 2.88. The van der Waals surface area contributed by atoms with Crippen LogP contribution < -0.4 is 10.2 Å². The largest absolute Gasteiger partial charge is 0.299 e. The first-order chi connectivity index (χ1) is 11.6. The van der Waals surface area contributed by atoms with Crippen LogP contribution in [0.5, 0.6) is 0 Å². The van der Waals surface area contributed by atoms with Crippen molar-refractivity contribution in [3.63, 3.8) is 0 Å². The third kappa shape index (κ3) is 2.36. The fraction of sp³-hybridized carbons (Fsp3) is 0.300. The van der Waals surface area contributed by atoms with Crippen molar-refractivity contribution in [1.82, 2.24) is 5.32 Å². The molecule has 5 heteroatoms. The van der Waals surface area contributed by atoms with Crippen molar-refractivity contribution in [1.29, 1.82) is 0 Å². The van der Waals surface area contributed by atoms with E-state index in [2.05, 4.69) is 55.6 Å². The predicted molar refractivity (Wildman–Crippen MR) is 106 cm³/mol. The van der Waals surface area contributed by atoms with Crippen LogP contribution in [0.25, 0.3) is 0 Å². The number of hydrogen-bond acceptors (Lipinski definition) is 3. The molecule has 25 heavy (non-hydrogen) atoms. The molecule has 0 saturated carbocycles. The minimum absolute atomic E-state index is 0.243. The van der Waals surface area contributed by atoms with Gasteiger partial charge < -0.3 is 0 Å². The van der Waals surface area contributed by atoms with Gasteiger partial charge in [-0.05, 0) is 97.8 Å². The molecule has 2 amide bonds. The summed E-state index contributed by atoms with van der Waals surface area (Å²) in [7, 11) is 0. The van der Waals surface area contributed by atoms with E-state index < -0.39 is 0 Å². The van der Waals surface area contributed by atoms with E-state index in [1.165, 1.54) is 4.90 Å². The molecule has 1 N–H and O–H groups in total. The van der Waals surface area contributed by atoms with E-state index in [0.717, 1.165) is 14.7 Å². The molecule has 4 rings (SSSR count). The maximum Gasteiger partial charge on any atom is 0.266 e. The number of nitrogens with zero attached hydrogens (tertiary/aromatic N) is 1. The molecule has 0 atom stereocenters. The molecular weight excluding hydrogens is 427 g/mol. The van der Waals surface area contributed by atoms with Gasteiger partial charge in [-0.15, -0.1) is 0 Å². The quantitative estimate of drug-likeness (QED) is 0.529. The lowest BCUT2D eigenvalue weighted by Gasteiger charge is -2.26. The van der Waals surface area contributed by atoms with E-state index in [9.17, 15) is 9.59 Å². The lowest BCUT2D eigenvalue weighted by molar-refractivity contribution is 0.0926. The van der Waals surface area contributed by atoms with Gasteiger partial charge in [-0.3, -0.25) is 14.9 Å². The molecule has 0 aliphatic carbocycles. The van der Waals surface area contributed by atoms with E-state index in [1.54, 1.807) is 0 Å². The Kier molecular flexibility index (Phi) is 3.44. The molecule has 0 saturated heterocycles. The van der Waals surface area contributed by atoms with Gasteiger partial charge in [-0.2, -0.15) is 0 Å². The number of amides is 2. The lowest BCUT2D eigenvalue weighted by atomic mass is 9.87. The van der Waals surface area contributed by atoms with Crippen molar-refractivity contribution in [2.45, 2.75) is 38.8 Å². The highest BCUT2D eigenvalue weighted by Crippen LogP contribution is 2.43. The van der Waals surface area contributed by atoms with Gasteiger partial charge in [0.05, 0.1) is 16.8 Å². The van der Waals surface area contributed by atoms with Crippen LogP contribution in [0.3, 0.4) is 0 Å². The molecule has 0 radical (unpaired) electrons. The summed E-state index contributed by atoms with van der Waals surface area (Å²) < 4.78 is 1.06. The molecular formula is C20H19IN2O2. The zero-order chi connectivity index (χ0) is 18.1. The van der Waals surface area contributed by atoms with Crippen LogP contribution in [0.2, 0.25) is 0 Å². The molecule has 0 unspecified atom stereocenters. The minimum Gasteiger partial charge on any atom is -0.299 e. The number of nitrogens with one attached hydrogen (secondary N) is 1. The molecule has 2 aliphatic rings. The number of hydrogen-bond donors (Lipinski definition) is 1. The normalized spacial score (nSPS) is 20.0.